The lowest BCUT2D eigenvalue weighted by atomic mass is 10.1. The maximum absolute atomic E-state index is 12.9. The van der Waals surface area contributed by atoms with Crippen LogP contribution in [0.25, 0.3) is 0 Å². The van der Waals surface area contributed by atoms with Crippen molar-refractivity contribution in [1.29, 1.82) is 0 Å². The van der Waals surface area contributed by atoms with E-state index < -0.39 is 0 Å². The van der Waals surface area contributed by atoms with E-state index in [4.69, 9.17) is 0 Å². The SMILES string of the molecule is Cc1cccc(N2CCN(C(=O)c3ccc4c(c3)CCN4)CC2)c1C.Cl.Cl. The number of fused-ring (bicyclic) bond motifs is 1. The Labute approximate surface area is 173 Å². The predicted octanol–water partition coefficient (Wildman–Crippen LogP) is 4.08. The Kier molecular flexibility index (Phi) is 7.01. The average Bonchev–Trinajstić information content (AvgIpc) is 3.11. The standard InChI is InChI=1S/C21H25N3O.2ClH/c1-15-4-3-5-20(16(15)2)23-10-12-24(13-11-23)21(25)18-6-7-19-17(14-18)8-9-22-19;;/h3-7,14,22H,8-13H2,1-2H3;2*1H. The molecule has 0 unspecified atom stereocenters. The van der Waals surface area contributed by atoms with Crippen LogP contribution < -0.4 is 10.2 Å². The minimum absolute atomic E-state index is 0. The quantitative estimate of drug-likeness (QED) is 0.814. The van der Waals surface area contributed by atoms with E-state index in [-0.39, 0.29) is 30.7 Å². The van der Waals surface area contributed by atoms with Crippen LogP contribution in [0.5, 0.6) is 0 Å². The summed E-state index contributed by atoms with van der Waals surface area (Å²) in [6.45, 7) is 8.65. The van der Waals surface area contributed by atoms with Crippen molar-refractivity contribution in [3.63, 3.8) is 0 Å². The van der Waals surface area contributed by atoms with Gasteiger partial charge in [-0.05, 0) is 61.2 Å². The van der Waals surface area contributed by atoms with Gasteiger partial charge < -0.3 is 15.1 Å². The van der Waals surface area contributed by atoms with Gasteiger partial charge in [-0.1, -0.05) is 12.1 Å². The largest absolute Gasteiger partial charge is 0.384 e. The number of aryl methyl sites for hydroxylation is 1. The Hall–Kier alpha value is -1.91. The van der Waals surface area contributed by atoms with Crippen LogP contribution in [0.3, 0.4) is 0 Å². The molecule has 1 N–H and O–H groups in total. The van der Waals surface area contributed by atoms with E-state index >= 15 is 0 Å². The molecule has 2 aliphatic rings. The predicted molar refractivity (Wildman–Crippen MR) is 117 cm³/mol. The van der Waals surface area contributed by atoms with Crippen molar-refractivity contribution < 1.29 is 4.79 Å². The lowest BCUT2D eigenvalue weighted by molar-refractivity contribution is 0.0746. The van der Waals surface area contributed by atoms with E-state index in [1.165, 1.54) is 28.1 Å². The first-order valence-electron chi connectivity index (χ1n) is 9.11. The number of piperazine rings is 1. The van der Waals surface area contributed by atoms with Crippen molar-refractivity contribution in [3.05, 3.63) is 58.7 Å². The van der Waals surface area contributed by atoms with Crippen LogP contribution in [0.1, 0.15) is 27.0 Å². The lowest BCUT2D eigenvalue weighted by Gasteiger charge is -2.37. The zero-order valence-electron chi connectivity index (χ0n) is 15.8. The zero-order valence-corrected chi connectivity index (χ0v) is 17.5. The summed E-state index contributed by atoms with van der Waals surface area (Å²) < 4.78 is 0. The molecule has 6 heteroatoms. The highest BCUT2D eigenvalue weighted by Crippen LogP contribution is 2.26. The normalized spacial score (nSPS) is 15.3. The summed E-state index contributed by atoms with van der Waals surface area (Å²) in [5.41, 5.74) is 7.23. The van der Waals surface area contributed by atoms with E-state index in [1.54, 1.807) is 0 Å². The fourth-order valence-corrected chi connectivity index (χ4v) is 3.85. The molecule has 0 atom stereocenters. The molecule has 0 aliphatic carbocycles. The number of benzene rings is 2. The van der Waals surface area contributed by atoms with Crippen LogP contribution in [0.2, 0.25) is 0 Å². The number of nitrogens with one attached hydrogen (secondary N) is 1. The summed E-state index contributed by atoms with van der Waals surface area (Å²) in [5.74, 6) is 0.162. The van der Waals surface area contributed by atoms with Gasteiger partial charge in [-0.25, -0.2) is 0 Å². The third-order valence-electron chi connectivity index (χ3n) is 5.55. The molecule has 2 heterocycles. The molecule has 2 aromatic rings. The van der Waals surface area contributed by atoms with Crippen molar-refractivity contribution in [2.45, 2.75) is 20.3 Å². The molecule has 1 fully saturated rings. The Morgan fingerprint density at radius 2 is 1.74 bits per heavy atom. The fraction of sp³-hybridized carbons (Fsp3) is 0.381. The fourth-order valence-electron chi connectivity index (χ4n) is 3.85. The molecule has 0 radical (unpaired) electrons. The number of carbonyl (C=O) groups is 1. The summed E-state index contributed by atoms with van der Waals surface area (Å²) in [6.07, 6.45) is 1.01. The van der Waals surface area contributed by atoms with Gasteiger partial charge in [0, 0.05) is 49.7 Å². The molecule has 27 heavy (non-hydrogen) atoms. The van der Waals surface area contributed by atoms with Crippen LogP contribution in [-0.2, 0) is 6.42 Å². The molecule has 0 spiro atoms. The molecule has 0 bridgehead atoms. The molecule has 146 valence electrons. The second-order valence-electron chi connectivity index (χ2n) is 7.05. The maximum Gasteiger partial charge on any atom is 0.253 e. The summed E-state index contributed by atoms with van der Waals surface area (Å²) in [4.78, 5) is 17.2. The van der Waals surface area contributed by atoms with Crippen molar-refractivity contribution in [2.75, 3.05) is 42.9 Å². The van der Waals surface area contributed by atoms with Crippen molar-refractivity contribution >= 4 is 42.1 Å². The second-order valence-corrected chi connectivity index (χ2v) is 7.05. The Morgan fingerprint density at radius 1 is 1.00 bits per heavy atom. The topological polar surface area (TPSA) is 35.6 Å². The Morgan fingerprint density at radius 3 is 2.48 bits per heavy atom. The van der Waals surface area contributed by atoms with Crippen molar-refractivity contribution in [2.24, 2.45) is 0 Å². The smallest absolute Gasteiger partial charge is 0.253 e. The van der Waals surface area contributed by atoms with Crippen molar-refractivity contribution in [1.82, 2.24) is 4.90 Å². The van der Waals surface area contributed by atoms with E-state index in [0.717, 1.165) is 44.7 Å². The zero-order chi connectivity index (χ0) is 17.4. The van der Waals surface area contributed by atoms with Crippen LogP contribution in [-0.4, -0.2) is 43.5 Å². The van der Waals surface area contributed by atoms with Crippen LogP contribution in [0.4, 0.5) is 11.4 Å². The monoisotopic (exact) mass is 407 g/mol. The highest BCUT2D eigenvalue weighted by atomic mass is 35.5. The van der Waals surface area contributed by atoms with Crippen LogP contribution >= 0.6 is 24.8 Å². The molecule has 1 amide bonds. The number of hydrogen-bond acceptors (Lipinski definition) is 3. The summed E-state index contributed by atoms with van der Waals surface area (Å²) in [5, 5.41) is 3.35. The van der Waals surface area contributed by atoms with E-state index in [2.05, 4.69) is 48.3 Å². The highest BCUT2D eigenvalue weighted by molar-refractivity contribution is 5.95. The summed E-state index contributed by atoms with van der Waals surface area (Å²) in [7, 11) is 0. The van der Waals surface area contributed by atoms with E-state index in [0.29, 0.717) is 0 Å². The van der Waals surface area contributed by atoms with Gasteiger partial charge in [-0.3, -0.25) is 4.79 Å². The third kappa shape index (κ3) is 4.17. The number of halogens is 2. The van der Waals surface area contributed by atoms with Gasteiger partial charge in [0.15, 0.2) is 0 Å². The van der Waals surface area contributed by atoms with Gasteiger partial charge in [0.05, 0.1) is 0 Å². The first-order chi connectivity index (χ1) is 12.1. The lowest BCUT2D eigenvalue weighted by Crippen LogP contribution is -2.49. The molecule has 4 rings (SSSR count). The second kappa shape index (κ2) is 8.85. The highest BCUT2D eigenvalue weighted by Gasteiger charge is 2.24. The minimum atomic E-state index is 0. The van der Waals surface area contributed by atoms with Crippen LogP contribution in [0.15, 0.2) is 36.4 Å². The number of rotatable bonds is 2. The molecular weight excluding hydrogens is 381 g/mol. The number of anilines is 2. The molecule has 4 nitrogen and oxygen atoms in total. The Balaban J connectivity index is 0.00000131. The molecule has 2 aliphatic heterocycles. The number of amides is 1. The van der Waals surface area contributed by atoms with E-state index in [1.807, 2.05) is 17.0 Å². The third-order valence-corrected chi connectivity index (χ3v) is 5.55. The van der Waals surface area contributed by atoms with Crippen LogP contribution in [0, 0.1) is 13.8 Å². The van der Waals surface area contributed by atoms with Gasteiger partial charge >= 0.3 is 0 Å². The summed E-state index contributed by atoms with van der Waals surface area (Å²) >= 11 is 0. The first-order valence-corrected chi connectivity index (χ1v) is 9.11. The number of nitrogens with zero attached hydrogens (tertiary/aromatic N) is 2. The minimum Gasteiger partial charge on any atom is -0.384 e. The van der Waals surface area contributed by atoms with Gasteiger partial charge in [-0.15, -0.1) is 24.8 Å². The molecule has 0 aromatic heterocycles. The number of hydrogen-bond donors (Lipinski definition) is 1. The van der Waals surface area contributed by atoms with Gasteiger partial charge in [0.1, 0.15) is 0 Å². The molecule has 1 saturated heterocycles. The average molecular weight is 408 g/mol. The molecule has 2 aromatic carbocycles. The maximum atomic E-state index is 12.9. The van der Waals surface area contributed by atoms with Gasteiger partial charge in [0.2, 0.25) is 0 Å². The van der Waals surface area contributed by atoms with Gasteiger partial charge in [0.25, 0.3) is 5.91 Å². The van der Waals surface area contributed by atoms with Gasteiger partial charge in [-0.2, -0.15) is 0 Å². The molecular formula is C21H27Cl2N3O. The molecule has 0 saturated carbocycles. The van der Waals surface area contributed by atoms with E-state index in [9.17, 15) is 4.79 Å². The summed E-state index contributed by atoms with van der Waals surface area (Å²) in [6, 6.07) is 12.5. The number of carbonyl (C=O) groups excluding carboxylic acids is 1. The Bertz CT molecular complexity index is 817. The first kappa shape index (κ1) is 21.4. The van der Waals surface area contributed by atoms with Crippen molar-refractivity contribution in [3.8, 4) is 0 Å².